The Kier molecular flexibility index (Phi) is 5.54. The highest BCUT2D eigenvalue weighted by Crippen LogP contribution is 2.21. The first-order valence-electron chi connectivity index (χ1n) is 8.74. The number of likely N-dealkylation sites (tertiary alicyclic amines) is 1. The van der Waals surface area contributed by atoms with E-state index in [2.05, 4.69) is 5.32 Å². The second kappa shape index (κ2) is 7.66. The van der Waals surface area contributed by atoms with Crippen LogP contribution in [0, 0.1) is 5.92 Å². The van der Waals surface area contributed by atoms with Gasteiger partial charge in [0.25, 0.3) is 0 Å². The number of ketones is 1. The molecule has 2 saturated heterocycles. The maximum absolute atomic E-state index is 12.5. The van der Waals surface area contributed by atoms with Crippen molar-refractivity contribution < 1.29 is 18.0 Å². The molecule has 2 heterocycles. The smallest absolute Gasteiger partial charge is 0.234 e. The number of carbonyl (C=O) groups excluding carboxylic acids is 2. The van der Waals surface area contributed by atoms with Gasteiger partial charge in [0.15, 0.2) is 15.6 Å². The van der Waals surface area contributed by atoms with Crippen molar-refractivity contribution in [2.45, 2.75) is 25.3 Å². The third kappa shape index (κ3) is 4.89. The van der Waals surface area contributed by atoms with Gasteiger partial charge < -0.3 is 5.32 Å². The molecule has 1 aromatic rings. The molecule has 0 aromatic heterocycles. The number of nitrogens with one attached hydrogen (secondary N) is 1. The molecule has 1 amide bonds. The highest BCUT2D eigenvalue weighted by molar-refractivity contribution is 7.91. The lowest BCUT2D eigenvalue weighted by Crippen LogP contribution is -2.45. The minimum absolute atomic E-state index is 0.0155. The van der Waals surface area contributed by atoms with Crippen LogP contribution < -0.4 is 5.32 Å². The van der Waals surface area contributed by atoms with Crippen LogP contribution in [0.15, 0.2) is 30.3 Å². The lowest BCUT2D eigenvalue weighted by molar-refractivity contribution is -0.123. The van der Waals surface area contributed by atoms with E-state index in [0.29, 0.717) is 19.5 Å². The Morgan fingerprint density at radius 1 is 1.08 bits per heavy atom. The van der Waals surface area contributed by atoms with Gasteiger partial charge in [-0.3, -0.25) is 14.5 Å². The van der Waals surface area contributed by atoms with Crippen molar-refractivity contribution >= 4 is 21.5 Å². The molecule has 0 radical (unpaired) electrons. The summed E-state index contributed by atoms with van der Waals surface area (Å²) in [6.45, 7) is 1.68. The minimum atomic E-state index is -2.98. The van der Waals surface area contributed by atoms with Crippen LogP contribution in [-0.4, -0.2) is 62.2 Å². The molecule has 2 aliphatic heterocycles. The van der Waals surface area contributed by atoms with Crippen LogP contribution >= 0.6 is 0 Å². The Morgan fingerprint density at radius 3 is 2.36 bits per heavy atom. The predicted octanol–water partition coefficient (Wildman–Crippen LogP) is 0.885. The summed E-state index contributed by atoms with van der Waals surface area (Å²) >= 11 is 0. The van der Waals surface area contributed by atoms with E-state index in [1.54, 1.807) is 0 Å². The fourth-order valence-corrected chi connectivity index (χ4v) is 5.25. The fraction of sp³-hybridized carbons (Fsp3) is 0.556. The average molecular weight is 364 g/mol. The molecule has 1 atom stereocenters. The monoisotopic (exact) mass is 364 g/mol. The molecule has 0 aliphatic carbocycles. The summed E-state index contributed by atoms with van der Waals surface area (Å²) in [4.78, 5) is 26.6. The lowest BCUT2D eigenvalue weighted by atomic mass is 9.89. The summed E-state index contributed by atoms with van der Waals surface area (Å²) in [6, 6.07) is 9.07. The summed E-state index contributed by atoms with van der Waals surface area (Å²) in [6.07, 6.45) is 2.00. The van der Waals surface area contributed by atoms with E-state index in [-0.39, 0.29) is 41.7 Å². The molecule has 2 fully saturated rings. The van der Waals surface area contributed by atoms with Crippen molar-refractivity contribution in [3.63, 3.8) is 0 Å². The van der Waals surface area contributed by atoms with Crippen molar-refractivity contribution in [1.82, 2.24) is 10.2 Å². The number of hydrogen-bond acceptors (Lipinski definition) is 5. The van der Waals surface area contributed by atoms with E-state index in [0.717, 1.165) is 18.4 Å². The van der Waals surface area contributed by atoms with Crippen molar-refractivity contribution in [2.75, 3.05) is 31.1 Å². The van der Waals surface area contributed by atoms with Crippen LogP contribution in [0.25, 0.3) is 0 Å². The first-order valence-corrected chi connectivity index (χ1v) is 10.6. The molecule has 0 unspecified atom stereocenters. The summed E-state index contributed by atoms with van der Waals surface area (Å²) in [5, 5.41) is 2.81. The molecule has 1 N–H and O–H groups in total. The van der Waals surface area contributed by atoms with Gasteiger partial charge in [-0.05, 0) is 32.4 Å². The van der Waals surface area contributed by atoms with Gasteiger partial charge in [-0.25, -0.2) is 8.42 Å². The Balaban J connectivity index is 1.43. The lowest BCUT2D eigenvalue weighted by Gasteiger charge is -2.31. The van der Waals surface area contributed by atoms with E-state index < -0.39 is 9.84 Å². The van der Waals surface area contributed by atoms with Crippen LogP contribution in [0.5, 0.6) is 0 Å². The van der Waals surface area contributed by atoms with Crippen molar-refractivity contribution in [3.05, 3.63) is 35.9 Å². The molecule has 6 nitrogen and oxygen atoms in total. The van der Waals surface area contributed by atoms with Crippen LogP contribution in [0.1, 0.15) is 29.6 Å². The highest BCUT2D eigenvalue weighted by Gasteiger charge is 2.30. The number of sulfone groups is 1. The normalized spacial score (nSPS) is 24.1. The number of nitrogens with zero attached hydrogens (tertiary/aromatic N) is 1. The molecule has 3 rings (SSSR count). The van der Waals surface area contributed by atoms with E-state index in [1.807, 2.05) is 35.2 Å². The number of Topliss-reactive ketones (excluding diaryl/α,β-unsaturated/α-hetero) is 1. The molecular weight excluding hydrogens is 340 g/mol. The zero-order chi connectivity index (χ0) is 17.9. The number of rotatable bonds is 5. The molecule has 7 heteroatoms. The standard InChI is InChI=1S/C18H24N2O4S/c21-17(19-16-8-11-25(23,24)13-16)12-20-9-6-15(7-10-20)18(22)14-4-2-1-3-5-14/h1-5,15-16H,6-13H2,(H,19,21)/t16-/m0/s1. The molecule has 136 valence electrons. The number of amides is 1. The van der Waals surface area contributed by atoms with E-state index in [1.165, 1.54) is 0 Å². The molecule has 1 aromatic carbocycles. The molecule has 25 heavy (non-hydrogen) atoms. The SMILES string of the molecule is O=C(CN1CCC(C(=O)c2ccccc2)CC1)N[C@H]1CCS(=O)(=O)C1. The molecule has 0 spiro atoms. The Bertz CT molecular complexity index is 725. The van der Waals surface area contributed by atoms with Crippen LogP contribution in [0.3, 0.4) is 0 Å². The zero-order valence-corrected chi connectivity index (χ0v) is 15.0. The molecular formula is C18H24N2O4S. The average Bonchev–Trinajstić information content (AvgIpc) is 2.94. The van der Waals surface area contributed by atoms with Gasteiger partial charge in [-0.2, -0.15) is 0 Å². The highest BCUT2D eigenvalue weighted by atomic mass is 32.2. The maximum atomic E-state index is 12.5. The molecule has 2 aliphatic rings. The second-order valence-electron chi connectivity index (χ2n) is 6.95. The van der Waals surface area contributed by atoms with Gasteiger partial charge in [0.05, 0.1) is 18.1 Å². The Morgan fingerprint density at radius 2 is 1.76 bits per heavy atom. The topological polar surface area (TPSA) is 83.6 Å². The van der Waals surface area contributed by atoms with Gasteiger partial charge in [0.2, 0.25) is 5.91 Å². The first-order chi connectivity index (χ1) is 11.9. The summed E-state index contributed by atoms with van der Waals surface area (Å²) in [5.74, 6) is 0.273. The second-order valence-corrected chi connectivity index (χ2v) is 9.18. The van der Waals surface area contributed by atoms with Gasteiger partial charge in [-0.15, -0.1) is 0 Å². The van der Waals surface area contributed by atoms with Gasteiger partial charge in [0.1, 0.15) is 0 Å². The van der Waals surface area contributed by atoms with Crippen molar-refractivity contribution in [3.8, 4) is 0 Å². The van der Waals surface area contributed by atoms with Crippen LogP contribution in [-0.2, 0) is 14.6 Å². The van der Waals surface area contributed by atoms with Crippen LogP contribution in [0.2, 0.25) is 0 Å². The van der Waals surface area contributed by atoms with E-state index in [4.69, 9.17) is 0 Å². The maximum Gasteiger partial charge on any atom is 0.234 e. The minimum Gasteiger partial charge on any atom is -0.351 e. The van der Waals surface area contributed by atoms with Gasteiger partial charge >= 0.3 is 0 Å². The third-order valence-corrected chi connectivity index (χ3v) is 6.75. The quantitative estimate of drug-likeness (QED) is 0.785. The molecule has 0 saturated carbocycles. The number of carbonyl (C=O) groups is 2. The zero-order valence-electron chi connectivity index (χ0n) is 14.2. The largest absolute Gasteiger partial charge is 0.351 e. The Labute approximate surface area is 148 Å². The van der Waals surface area contributed by atoms with Crippen molar-refractivity contribution in [2.24, 2.45) is 5.92 Å². The Hall–Kier alpha value is -1.73. The first kappa shape index (κ1) is 18.1. The fourth-order valence-electron chi connectivity index (χ4n) is 3.58. The summed E-state index contributed by atoms with van der Waals surface area (Å²) < 4.78 is 22.9. The van der Waals surface area contributed by atoms with Crippen LogP contribution in [0.4, 0.5) is 0 Å². The third-order valence-electron chi connectivity index (χ3n) is 4.98. The predicted molar refractivity (Wildman–Crippen MR) is 95.1 cm³/mol. The van der Waals surface area contributed by atoms with Crippen molar-refractivity contribution in [1.29, 1.82) is 0 Å². The van der Waals surface area contributed by atoms with Gasteiger partial charge in [-0.1, -0.05) is 30.3 Å². The number of benzene rings is 1. The van der Waals surface area contributed by atoms with Gasteiger partial charge in [0, 0.05) is 17.5 Å². The van der Waals surface area contributed by atoms with E-state index >= 15 is 0 Å². The summed E-state index contributed by atoms with van der Waals surface area (Å²) in [7, 11) is -2.98. The number of hydrogen-bond donors (Lipinski definition) is 1. The van der Waals surface area contributed by atoms with E-state index in [9.17, 15) is 18.0 Å². The molecule has 0 bridgehead atoms. The summed E-state index contributed by atoms with van der Waals surface area (Å²) in [5.41, 5.74) is 0.751. The number of piperidine rings is 1.